The van der Waals surface area contributed by atoms with Crippen molar-refractivity contribution < 1.29 is 4.74 Å². The molecule has 1 heterocycles. The van der Waals surface area contributed by atoms with E-state index >= 15 is 0 Å². The minimum Gasteiger partial charge on any atom is -0.378 e. The quantitative estimate of drug-likeness (QED) is 0.613. The Balaban J connectivity index is 1.92. The Morgan fingerprint density at radius 1 is 1.38 bits per heavy atom. The van der Waals surface area contributed by atoms with E-state index in [4.69, 9.17) is 4.74 Å². The van der Waals surface area contributed by atoms with Gasteiger partial charge in [0.05, 0.1) is 13.2 Å². The van der Waals surface area contributed by atoms with Crippen molar-refractivity contribution in [3.05, 3.63) is 11.8 Å². The normalized spacial score (nSPS) is 30.1. The smallest absolute Gasteiger partial charge is 0.0642 e. The summed E-state index contributed by atoms with van der Waals surface area (Å²) >= 11 is 0. The molecule has 1 atom stereocenters. The van der Waals surface area contributed by atoms with E-state index in [0.717, 1.165) is 32.2 Å². The molecule has 0 bridgehead atoms. The lowest BCUT2D eigenvalue weighted by Gasteiger charge is -2.33. The highest BCUT2D eigenvalue weighted by molar-refractivity contribution is 5.05. The van der Waals surface area contributed by atoms with Crippen molar-refractivity contribution in [3.8, 4) is 0 Å². The van der Waals surface area contributed by atoms with Gasteiger partial charge in [0.25, 0.3) is 0 Å². The van der Waals surface area contributed by atoms with Crippen LogP contribution in [0, 0.1) is 5.92 Å². The van der Waals surface area contributed by atoms with Crippen molar-refractivity contribution in [3.63, 3.8) is 0 Å². The van der Waals surface area contributed by atoms with Crippen LogP contribution in [0.4, 0.5) is 0 Å². The predicted octanol–water partition coefficient (Wildman–Crippen LogP) is 2.02. The average molecular weight is 181 g/mol. The van der Waals surface area contributed by atoms with E-state index in [1.165, 1.54) is 19.3 Å². The van der Waals surface area contributed by atoms with Crippen LogP contribution >= 0.6 is 0 Å². The van der Waals surface area contributed by atoms with E-state index in [1.54, 1.807) is 5.70 Å². The van der Waals surface area contributed by atoms with Gasteiger partial charge in [-0.3, -0.25) is 0 Å². The minimum atomic E-state index is 0.893. The molecule has 0 aromatic carbocycles. The van der Waals surface area contributed by atoms with E-state index < -0.39 is 0 Å². The lowest BCUT2D eigenvalue weighted by molar-refractivity contribution is 0.0508. The van der Waals surface area contributed by atoms with Crippen LogP contribution < -0.4 is 0 Å². The monoisotopic (exact) mass is 181 g/mol. The van der Waals surface area contributed by atoms with Crippen molar-refractivity contribution in [1.29, 1.82) is 0 Å². The summed E-state index contributed by atoms with van der Waals surface area (Å²) in [5.74, 6) is 0.893. The van der Waals surface area contributed by atoms with Gasteiger partial charge in [0.1, 0.15) is 0 Å². The number of rotatable bonds is 1. The molecule has 13 heavy (non-hydrogen) atoms. The molecule has 1 saturated heterocycles. The van der Waals surface area contributed by atoms with Crippen LogP contribution in [0.5, 0.6) is 0 Å². The van der Waals surface area contributed by atoms with Crippen molar-refractivity contribution in [2.24, 2.45) is 5.92 Å². The van der Waals surface area contributed by atoms with Crippen LogP contribution in [0.2, 0.25) is 0 Å². The number of hydrogen-bond acceptors (Lipinski definition) is 2. The Hall–Kier alpha value is -0.500. The Labute approximate surface area is 80.6 Å². The first-order valence-corrected chi connectivity index (χ1v) is 5.38. The summed E-state index contributed by atoms with van der Waals surface area (Å²) in [7, 11) is 0. The first-order chi connectivity index (χ1) is 6.36. The van der Waals surface area contributed by atoms with E-state index in [1.807, 2.05) is 0 Å². The van der Waals surface area contributed by atoms with Gasteiger partial charge in [0, 0.05) is 18.8 Å². The molecule has 0 amide bonds. The van der Waals surface area contributed by atoms with Crippen molar-refractivity contribution in [1.82, 2.24) is 4.90 Å². The molecule has 0 spiro atoms. The first kappa shape index (κ1) is 9.07. The molecular formula is C11H19NO. The third kappa shape index (κ3) is 2.25. The standard InChI is InChI=1S/C11H19NO/c1-10-2-4-11(5-3-10)12-6-8-13-9-7-12/h4,10H,2-3,5-9H2,1H3. The van der Waals surface area contributed by atoms with Crippen LogP contribution in [0.3, 0.4) is 0 Å². The third-order valence-corrected chi connectivity index (χ3v) is 3.07. The van der Waals surface area contributed by atoms with E-state index in [-0.39, 0.29) is 0 Å². The van der Waals surface area contributed by atoms with Gasteiger partial charge in [-0.15, -0.1) is 0 Å². The van der Waals surface area contributed by atoms with Gasteiger partial charge >= 0.3 is 0 Å². The summed E-state index contributed by atoms with van der Waals surface area (Å²) in [6.07, 6.45) is 6.34. The molecule has 1 fully saturated rings. The molecular weight excluding hydrogens is 162 g/mol. The molecule has 0 N–H and O–H groups in total. The number of hydrogen-bond donors (Lipinski definition) is 0. The number of nitrogens with zero attached hydrogens (tertiary/aromatic N) is 1. The van der Waals surface area contributed by atoms with Crippen LogP contribution in [-0.4, -0.2) is 31.2 Å². The zero-order valence-corrected chi connectivity index (χ0v) is 8.46. The highest BCUT2D eigenvalue weighted by Crippen LogP contribution is 2.25. The summed E-state index contributed by atoms with van der Waals surface area (Å²) in [4.78, 5) is 2.50. The SMILES string of the molecule is CC1CC=C(N2CCOCC2)CC1. The van der Waals surface area contributed by atoms with Gasteiger partial charge in [-0.2, -0.15) is 0 Å². The average Bonchev–Trinajstić information content (AvgIpc) is 2.20. The molecule has 0 aromatic rings. The fraction of sp³-hybridized carbons (Fsp3) is 0.818. The number of allylic oxidation sites excluding steroid dienone is 2. The van der Waals surface area contributed by atoms with Gasteiger partial charge in [-0.25, -0.2) is 0 Å². The molecule has 74 valence electrons. The van der Waals surface area contributed by atoms with Gasteiger partial charge in [-0.1, -0.05) is 13.0 Å². The maximum atomic E-state index is 5.34. The fourth-order valence-electron chi connectivity index (χ4n) is 2.09. The molecule has 1 aliphatic carbocycles. The molecule has 2 rings (SSSR count). The van der Waals surface area contributed by atoms with Gasteiger partial charge < -0.3 is 9.64 Å². The van der Waals surface area contributed by atoms with E-state index in [9.17, 15) is 0 Å². The lowest BCUT2D eigenvalue weighted by atomic mass is 9.93. The molecule has 2 heteroatoms. The third-order valence-electron chi connectivity index (χ3n) is 3.07. The Kier molecular flexibility index (Phi) is 2.89. The van der Waals surface area contributed by atoms with Gasteiger partial charge in [0.15, 0.2) is 0 Å². The number of morpholine rings is 1. The molecule has 2 aliphatic rings. The van der Waals surface area contributed by atoms with Gasteiger partial charge in [-0.05, 0) is 25.2 Å². The van der Waals surface area contributed by atoms with Crippen LogP contribution in [0.15, 0.2) is 11.8 Å². The molecule has 1 aliphatic heterocycles. The zero-order valence-electron chi connectivity index (χ0n) is 8.46. The topological polar surface area (TPSA) is 12.5 Å². The molecule has 0 saturated carbocycles. The van der Waals surface area contributed by atoms with E-state index in [0.29, 0.717) is 0 Å². The highest BCUT2D eigenvalue weighted by atomic mass is 16.5. The zero-order chi connectivity index (χ0) is 9.10. The second kappa shape index (κ2) is 4.14. The highest BCUT2D eigenvalue weighted by Gasteiger charge is 2.17. The molecule has 1 unspecified atom stereocenters. The van der Waals surface area contributed by atoms with Crippen LogP contribution in [-0.2, 0) is 4.74 Å². The van der Waals surface area contributed by atoms with E-state index in [2.05, 4.69) is 17.9 Å². The van der Waals surface area contributed by atoms with Crippen molar-refractivity contribution in [2.75, 3.05) is 26.3 Å². The largest absolute Gasteiger partial charge is 0.378 e. The summed E-state index contributed by atoms with van der Waals surface area (Å²) in [6, 6.07) is 0. The van der Waals surface area contributed by atoms with Crippen LogP contribution in [0.25, 0.3) is 0 Å². The van der Waals surface area contributed by atoms with Crippen molar-refractivity contribution in [2.45, 2.75) is 26.2 Å². The fourth-order valence-corrected chi connectivity index (χ4v) is 2.09. The first-order valence-electron chi connectivity index (χ1n) is 5.38. The Morgan fingerprint density at radius 2 is 2.15 bits per heavy atom. The predicted molar refractivity (Wildman–Crippen MR) is 53.5 cm³/mol. The maximum Gasteiger partial charge on any atom is 0.0642 e. The molecule has 0 aromatic heterocycles. The molecule has 0 radical (unpaired) electrons. The summed E-state index contributed by atoms with van der Waals surface area (Å²) in [6.45, 7) is 6.35. The van der Waals surface area contributed by atoms with Crippen LogP contribution in [0.1, 0.15) is 26.2 Å². The summed E-state index contributed by atoms with van der Waals surface area (Å²) in [5, 5.41) is 0. The minimum absolute atomic E-state index is 0.893. The Morgan fingerprint density at radius 3 is 2.77 bits per heavy atom. The van der Waals surface area contributed by atoms with Gasteiger partial charge in [0.2, 0.25) is 0 Å². The summed E-state index contributed by atoms with van der Waals surface area (Å²) < 4.78 is 5.34. The second-order valence-electron chi connectivity index (χ2n) is 4.17. The second-order valence-corrected chi connectivity index (χ2v) is 4.17. The lowest BCUT2D eigenvalue weighted by Crippen LogP contribution is -2.36. The number of ether oxygens (including phenoxy) is 1. The summed E-state index contributed by atoms with van der Waals surface area (Å²) in [5.41, 5.74) is 1.57. The Bertz CT molecular complexity index is 194. The van der Waals surface area contributed by atoms with Crippen molar-refractivity contribution >= 4 is 0 Å². The molecule has 2 nitrogen and oxygen atoms in total. The maximum absolute atomic E-state index is 5.34.